The first-order valence-corrected chi connectivity index (χ1v) is 7.37. The summed E-state index contributed by atoms with van der Waals surface area (Å²) in [5.74, 6) is 1.35. The van der Waals surface area contributed by atoms with Crippen LogP contribution in [-0.4, -0.2) is 25.3 Å². The van der Waals surface area contributed by atoms with Gasteiger partial charge in [-0.1, -0.05) is 25.7 Å². The standard InChI is InChI=1S/C16H20O4/c17-14(10-18-13-5-3-1-2-4-6-13)12-7-8-15-16(9-12)20-11-19-15/h7-9,13H,1-6,10-11H2. The van der Waals surface area contributed by atoms with Crippen molar-refractivity contribution in [2.75, 3.05) is 13.4 Å². The van der Waals surface area contributed by atoms with Crippen molar-refractivity contribution in [2.45, 2.75) is 44.6 Å². The van der Waals surface area contributed by atoms with Crippen LogP contribution in [0.15, 0.2) is 18.2 Å². The van der Waals surface area contributed by atoms with Gasteiger partial charge in [-0.2, -0.15) is 0 Å². The highest BCUT2D eigenvalue weighted by Gasteiger charge is 2.18. The SMILES string of the molecule is O=C(COC1CCCCCC1)c1ccc2c(c1)OCO2. The Kier molecular flexibility index (Phi) is 4.21. The van der Waals surface area contributed by atoms with Crippen LogP contribution < -0.4 is 9.47 Å². The predicted octanol–water partition coefficient (Wildman–Crippen LogP) is 3.34. The second-order valence-electron chi connectivity index (χ2n) is 5.42. The van der Waals surface area contributed by atoms with E-state index in [0.29, 0.717) is 17.1 Å². The molecule has 1 saturated carbocycles. The Morgan fingerprint density at radius 1 is 1.10 bits per heavy atom. The minimum Gasteiger partial charge on any atom is -0.454 e. The summed E-state index contributed by atoms with van der Waals surface area (Å²) in [5.41, 5.74) is 0.628. The average molecular weight is 276 g/mol. The Hall–Kier alpha value is -1.55. The van der Waals surface area contributed by atoms with Crippen LogP contribution in [0.1, 0.15) is 48.9 Å². The molecule has 20 heavy (non-hydrogen) atoms. The van der Waals surface area contributed by atoms with E-state index in [-0.39, 0.29) is 25.3 Å². The Bertz CT molecular complexity index is 475. The number of benzene rings is 1. The number of fused-ring (bicyclic) bond motifs is 1. The molecule has 0 N–H and O–H groups in total. The fourth-order valence-electron chi connectivity index (χ4n) is 2.76. The lowest BCUT2D eigenvalue weighted by atomic mass is 10.1. The molecule has 1 heterocycles. The monoisotopic (exact) mass is 276 g/mol. The molecule has 0 saturated heterocycles. The van der Waals surface area contributed by atoms with Crippen LogP contribution in [0.3, 0.4) is 0 Å². The van der Waals surface area contributed by atoms with Crippen LogP contribution in [-0.2, 0) is 4.74 Å². The van der Waals surface area contributed by atoms with E-state index in [0.717, 1.165) is 12.8 Å². The average Bonchev–Trinajstić information content (AvgIpc) is 2.78. The minimum atomic E-state index is 0.00699. The number of ether oxygens (including phenoxy) is 3. The van der Waals surface area contributed by atoms with Gasteiger partial charge >= 0.3 is 0 Å². The summed E-state index contributed by atoms with van der Waals surface area (Å²) in [4.78, 5) is 12.2. The summed E-state index contributed by atoms with van der Waals surface area (Å²) < 4.78 is 16.3. The molecule has 0 spiro atoms. The van der Waals surface area contributed by atoms with Crippen LogP contribution in [0.5, 0.6) is 11.5 Å². The van der Waals surface area contributed by atoms with Crippen molar-refractivity contribution >= 4 is 5.78 Å². The predicted molar refractivity (Wildman–Crippen MR) is 74.3 cm³/mol. The molecule has 1 fully saturated rings. The van der Waals surface area contributed by atoms with Gasteiger partial charge in [-0.3, -0.25) is 4.79 Å². The maximum atomic E-state index is 12.2. The number of hydrogen-bond donors (Lipinski definition) is 0. The molecule has 1 aromatic carbocycles. The van der Waals surface area contributed by atoms with E-state index in [2.05, 4.69) is 0 Å². The molecule has 0 unspecified atom stereocenters. The van der Waals surface area contributed by atoms with Crippen LogP contribution in [0.4, 0.5) is 0 Å². The van der Waals surface area contributed by atoms with Crippen molar-refractivity contribution in [3.05, 3.63) is 23.8 Å². The largest absolute Gasteiger partial charge is 0.454 e. The fourth-order valence-corrected chi connectivity index (χ4v) is 2.76. The van der Waals surface area contributed by atoms with Crippen molar-refractivity contribution < 1.29 is 19.0 Å². The maximum absolute atomic E-state index is 12.2. The summed E-state index contributed by atoms with van der Waals surface area (Å²) in [7, 11) is 0. The smallest absolute Gasteiger partial charge is 0.231 e. The summed E-state index contributed by atoms with van der Waals surface area (Å²) in [5, 5.41) is 0. The first kappa shape index (κ1) is 13.4. The van der Waals surface area contributed by atoms with Crippen LogP contribution in [0.25, 0.3) is 0 Å². The van der Waals surface area contributed by atoms with Crippen molar-refractivity contribution in [1.29, 1.82) is 0 Å². The second kappa shape index (κ2) is 6.27. The van der Waals surface area contributed by atoms with E-state index in [1.54, 1.807) is 18.2 Å². The van der Waals surface area contributed by atoms with Gasteiger partial charge in [-0.25, -0.2) is 0 Å². The molecule has 0 amide bonds. The van der Waals surface area contributed by atoms with E-state index < -0.39 is 0 Å². The number of carbonyl (C=O) groups is 1. The van der Waals surface area contributed by atoms with Gasteiger partial charge in [0.05, 0.1) is 6.10 Å². The van der Waals surface area contributed by atoms with Gasteiger partial charge in [-0.15, -0.1) is 0 Å². The van der Waals surface area contributed by atoms with Crippen molar-refractivity contribution in [3.8, 4) is 11.5 Å². The molecule has 0 atom stereocenters. The third kappa shape index (κ3) is 3.12. The first-order chi connectivity index (χ1) is 9.83. The number of Topliss-reactive ketones (excluding diaryl/α,β-unsaturated/α-hetero) is 1. The Balaban J connectivity index is 1.56. The van der Waals surface area contributed by atoms with Gasteiger partial charge in [0.1, 0.15) is 6.61 Å². The highest BCUT2D eigenvalue weighted by Crippen LogP contribution is 2.32. The Morgan fingerprint density at radius 3 is 2.65 bits per heavy atom. The topological polar surface area (TPSA) is 44.8 Å². The van der Waals surface area contributed by atoms with Crippen LogP contribution in [0.2, 0.25) is 0 Å². The zero-order valence-corrected chi connectivity index (χ0v) is 11.6. The van der Waals surface area contributed by atoms with Gasteiger partial charge in [-0.05, 0) is 31.0 Å². The molecule has 0 radical (unpaired) electrons. The normalized spacial score (nSPS) is 18.8. The van der Waals surface area contributed by atoms with Crippen LogP contribution >= 0.6 is 0 Å². The first-order valence-electron chi connectivity index (χ1n) is 7.37. The number of ketones is 1. The number of carbonyl (C=O) groups excluding carboxylic acids is 1. The summed E-state index contributed by atoms with van der Waals surface area (Å²) in [6, 6.07) is 5.29. The summed E-state index contributed by atoms with van der Waals surface area (Å²) in [6.45, 7) is 0.385. The summed E-state index contributed by atoms with van der Waals surface area (Å²) in [6.07, 6.45) is 7.40. The molecule has 0 aromatic heterocycles. The molecule has 3 rings (SSSR count). The quantitative estimate of drug-likeness (QED) is 0.625. The molecule has 1 aromatic rings. The highest BCUT2D eigenvalue weighted by molar-refractivity contribution is 5.97. The van der Waals surface area contributed by atoms with Crippen LogP contribution in [0, 0.1) is 0 Å². The van der Waals surface area contributed by atoms with E-state index in [1.807, 2.05) is 0 Å². The third-order valence-corrected chi connectivity index (χ3v) is 3.95. The van der Waals surface area contributed by atoms with E-state index in [1.165, 1.54) is 25.7 Å². The molecule has 1 aliphatic heterocycles. The molecule has 1 aliphatic carbocycles. The highest BCUT2D eigenvalue weighted by atomic mass is 16.7. The second-order valence-corrected chi connectivity index (χ2v) is 5.42. The van der Waals surface area contributed by atoms with Gasteiger partial charge < -0.3 is 14.2 Å². The van der Waals surface area contributed by atoms with E-state index in [9.17, 15) is 4.79 Å². The molecule has 4 nitrogen and oxygen atoms in total. The zero-order valence-electron chi connectivity index (χ0n) is 11.6. The van der Waals surface area contributed by atoms with Crippen molar-refractivity contribution in [1.82, 2.24) is 0 Å². The van der Waals surface area contributed by atoms with E-state index in [4.69, 9.17) is 14.2 Å². The lowest BCUT2D eigenvalue weighted by Crippen LogP contribution is -2.18. The molecule has 4 heteroatoms. The van der Waals surface area contributed by atoms with Gasteiger partial charge in [0.15, 0.2) is 17.3 Å². The van der Waals surface area contributed by atoms with Crippen molar-refractivity contribution in [3.63, 3.8) is 0 Å². The lowest BCUT2D eigenvalue weighted by molar-refractivity contribution is 0.0389. The zero-order chi connectivity index (χ0) is 13.8. The Labute approximate surface area is 119 Å². The maximum Gasteiger partial charge on any atom is 0.231 e. The van der Waals surface area contributed by atoms with E-state index >= 15 is 0 Å². The molecule has 2 aliphatic rings. The number of rotatable bonds is 4. The number of hydrogen-bond acceptors (Lipinski definition) is 4. The van der Waals surface area contributed by atoms with Gasteiger partial charge in [0, 0.05) is 5.56 Å². The van der Waals surface area contributed by atoms with Crippen molar-refractivity contribution in [2.24, 2.45) is 0 Å². The molecular weight excluding hydrogens is 256 g/mol. The Morgan fingerprint density at radius 2 is 1.85 bits per heavy atom. The van der Waals surface area contributed by atoms with Gasteiger partial charge in [0.2, 0.25) is 6.79 Å². The molecule has 0 bridgehead atoms. The molecular formula is C16H20O4. The fraction of sp³-hybridized carbons (Fsp3) is 0.562. The molecule has 108 valence electrons. The summed E-state index contributed by atoms with van der Waals surface area (Å²) >= 11 is 0. The minimum absolute atomic E-state index is 0.00699. The van der Waals surface area contributed by atoms with Gasteiger partial charge in [0.25, 0.3) is 0 Å². The third-order valence-electron chi connectivity index (χ3n) is 3.95. The lowest BCUT2D eigenvalue weighted by Gasteiger charge is -2.14.